The van der Waals surface area contributed by atoms with E-state index < -0.39 is 5.54 Å². The standard InChI is InChI=1S/C19H23N3O2.2ClH/c1-18(2)16-14(6-4-10-24-16)19(18,20)17(23)22-13-7-8-15-12(11-13)5-3-9-21-15;;/h3,5,7-9,11,14,16H,4,6,10,20H2,1-2H3,(H,22,23);2*1H. The fourth-order valence-electron chi connectivity index (χ4n) is 4.42. The predicted octanol–water partition coefficient (Wildman–Crippen LogP) is 3.55. The van der Waals surface area contributed by atoms with Crippen LogP contribution in [-0.4, -0.2) is 29.1 Å². The summed E-state index contributed by atoms with van der Waals surface area (Å²) >= 11 is 0. The number of benzene rings is 1. The number of nitrogens with one attached hydrogen (secondary N) is 1. The fraction of sp³-hybridized carbons (Fsp3) is 0.474. The van der Waals surface area contributed by atoms with Crippen LogP contribution in [0.5, 0.6) is 0 Å². The summed E-state index contributed by atoms with van der Waals surface area (Å²) in [5.74, 6) is -0.0362. The third-order valence-electron chi connectivity index (χ3n) is 5.92. The van der Waals surface area contributed by atoms with Gasteiger partial charge < -0.3 is 15.8 Å². The van der Waals surface area contributed by atoms with Crippen molar-refractivity contribution in [2.45, 2.75) is 38.3 Å². The van der Waals surface area contributed by atoms with Gasteiger partial charge in [-0.1, -0.05) is 19.9 Å². The molecule has 1 aliphatic carbocycles. The Labute approximate surface area is 165 Å². The van der Waals surface area contributed by atoms with E-state index in [1.165, 1.54) is 0 Å². The second-order valence-electron chi connectivity index (χ2n) is 7.50. The number of halogens is 2. The number of nitrogens with zero attached hydrogens (tertiary/aromatic N) is 1. The molecule has 26 heavy (non-hydrogen) atoms. The topological polar surface area (TPSA) is 77.2 Å². The van der Waals surface area contributed by atoms with Crippen LogP contribution in [0.1, 0.15) is 26.7 Å². The van der Waals surface area contributed by atoms with Gasteiger partial charge >= 0.3 is 0 Å². The molecule has 0 spiro atoms. The maximum absolute atomic E-state index is 13.0. The zero-order chi connectivity index (χ0) is 16.9. The smallest absolute Gasteiger partial charge is 0.245 e. The number of amides is 1. The molecule has 4 rings (SSSR count). The van der Waals surface area contributed by atoms with E-state index in [2.05, 4.69) is 10.3 Å². The SMILES string of the molecule is CC1(C)C2OCCCC2C1(N)C(=O)Nc1ccc2ncccc2c1.Cl.Cl. The minimum Gasteiger partial charge on any atom is -0.377 e. The van der Waals surface area contributed by atoms with Crippen LogP contribution in [0.3, 0.4) is 0 Å². The predicted molar refractivity (Wildman–Crippen MR) is 108 cm³/mol. The van der Waals surface area contributed by atoms with E-state index in [9.17, 15) is 4.79 Å². The lowest BCUT2D eigenvalue weighted by molar-refractivity contribution is -0.222. The molecule has 0 radical (unpaired) electrons. The molecule has 2 aliphatic rings. The first-order valence-corrected chi connectivity index (χ1v) is 8.51. The van der Waals surface area contributed by atoms with Gasteiger partial charge in [-0.15, -0.1) is 24.8 Å². The number of ether oxygens (including phenoxy) is 1. The van der Waals surface area contributed by atoms with Crippen LogP contribution in [0.4, 0.5) is 5.69 Å². The Bertz CT molecular complexity index is 814. The average Bonchev–Trinajstić information content (AvgIpc) is 2.60. The zero-order valence-electron chi connectivity index (χ0n) is 14.9. The third-order valence-corrected chi connectivity index (χ3v) is 5.92. The molecule has 2 heterocycles. The number of hydrogen-bond acceptors (Lipinski definition) is 4. The molecule has 1 amide bonds. The van der Waals surface area contributed by atoms with Crippen LogP contribution >= 0.6 is 24.8 Å². The van der Waals surface area contributed by atoms with E-state index in [0.717, 1.165) is 36.0 Å². The average molecular weight is 398 g/mol. The van der Waals surface area contributed by atoms with Crippen molar-refractivity contribution in [3.8, 4) is 0 Å². The molecular formula is C19H25Cl2N3O2. The van der Waals surface area contributed by atoms with E-state index >= 15 is 0 Å². The first-order valence-electron chi connectivity index (χ1n) is 8.51. The maximum Gasteiger partial charge on any atom is 0.245 e. The minimum absolute atomic E-state index is 0. The van der Waals surface area contributed by atoms with Gasteiger partial charge in [-0.2, -0.15) is 0 Å². The van der Waals surface area contributed by atoms with Crippen LogP contribution in [-0.2, 0) is 9.53 Å². The highest BCUT2D eigenvalue weighted by molar-refractivity contribution is 6.01. The van der Waals surface area contributed by atoms with Gasteiger partial charge in [-0.3, -0.25) is 9.78 Å². The van der Waals surface area contributed by atoms with Gasteiger partial charge in [0.15, 0.2) is 0 Å². The molecule has 2 fully saturated rings. The first kappa shape index (κ1) is 20.9. The number of carbonyl (C=O) groups excluding carboxylic acids is 1. The van der Waals surface area contributed by atoms with E-state index in [1.54, 1.807) is 6.20 Å². The minimum atomic E-state index is -0.901. The Morgan fingerprint density at radius 1 is 1.31 bits per heavy atom. The molecular weight excluding hydrogens is 373 g/mol. The Kier molecular flexibility index (Phi) is 5.88. The lowest BCUT2D eigenvalue weighted by atomic mass is 9.46. The molecule has 5 nitrogen and oxygen atoms in total. The summed E-state index contributed by atoms with van der Waals surface area (Å²) in [7, 11) is 0. The summed E-state index contributed by atoms with van der Waals surface area (Å²) in [6.07, 6.45) is 3.74. The molecule has 3 unspecified atom stereocenters. The first-order chi connectivity index (χ1) is 11.4. The molecule has 1 saturated carbocycles. The van der Waals surface area contributed by atoms with Gasteiger partial charge in [0, 0.05) is 35.2 Å². The number of hydrogen-bond donors (Lipinski definition) is 2. The van der Waals surface area contributed by atoms with Gasteiger partial charge in [0.05, 0.1) is 11.6 Å². The quantitative estimate of drug-likeness (QED) is 0.811. The highest BCUT2D eigenvalue weighted by Gasteiger charge is 2.70. The number of fused-ring (bicyclic) bond motifs is 2. The van der Waals surface area contributed by atoms with Crippen molar-refractivity contribution in [2.75, 3.05) is 11.9 Å². The molecule has 3 N–H and O–H groups in total. The second kappa shape index (κ2) is 7.31. The van der Waals surface area contributed by atoms with Crippen LogP contribution in [0, 0.1) is 11.3 Å². The molecule has 1 aliphatic heterocycles. The van der Waals surface area contributed by atoms with Gasteiger partial charge in [0.25, 0.3) is 0 Å². The molecule has 142 valence electrons. The zero-order valence-corrected chi connectivity index (χ0v) is 16.5. The molecule has 7 heteroatoms. The fourth-order valence-corrected chi connectivity index (χ4v) is 4.42. The summed E-state index contributed by atoms with van der Waals surface area (Å²) in [6, 6.07) is 9.58. The van der Waals surface area contributed by atoms with Gasteiger partial charge in [0.2, 0.25) is 5.91 Å². The van der Waals surface area contributed by atoms with Crippen molar-refractivity contribution < 1.29 is 9.53 Å². The summed E-state index contributed by atoms with van der Waals surface area (Å²) in [5.41, 5.74) is 7.02. The lowest BCUT2D eigenvalue weighted by Crippen LogP contribution is -2.81. The van der Waals surface area contributed by atoms with Crippen molar-refractivity contribution in [2.24, 2.45) is 17.1 Å². The third kappa shape index (κ3) is 2.87. The van der Waals surface area contributed by atoms with E-state index in [-0.39, 0.29) is 48.2 Å². The summed E-state index contributed by atoms with van der Waals surface area (Å²) in [4.78, 5) is 17.3. The summed E-state index contributed by atoms with van der Waals surface area (Å²) < 4.78 is 5.88. The van der Waals surface area contributed by atoms with Crippen molar-refractivity contribution in [1.29, 1.82) is 0 Å². The van der Waals surface area contributed by atoms with Crippen molar-refractivity contribution in [3.05, 3.63) is 36.5 Å². The monoisotopic (exact) mass is 397 g/mol. The molecule has 1 aromatic carbocycles. The van der Waals surface area contributed by atoms with Gasteiger partial charge in [-0.25, -0.2) is 0 Å². The van der Waals surface area contributed by atoms with Gasteiger partial charge in [0.1, 0.15) is 5.54 Å². The van der Waals surface area contributed by atoms with Crippen LogP contribution < -0.4 is 11.1 Å². The molecule has 1 aromatic heterocycles. The van der Waals surface area contributed by atoms with Crippen LogP contribution in [0.2, 0.25) is 0 Å². The van der Waals surface area contributed by atoms with E-state index in [0.29, 0.717) is 0 Å². The highest BCUT2D eigenvalue weighted by Crippen LogP contribution is 2.57. The number of nitrogens with two attached hydrogens (primary N) is 1. The Balaban J connectivity index is 0.00000121. The summed E-state index contributed by atoms with van der Waals surface area (Å²) in [5, 5.41) is 4.01. The largest absolute Gasteiger partial charge is 0.377 e. The lowest BCUT2D eigenvalue weighted by Gasteiger charge is -2.65. The number of carbonyl (C=O) groups is 1. The van der Waals surface area contributed by atoms with E-state index in [1.807, 2.05) is 44.2 Å². The number of aromatic nitrogens is 1. The van der Waals surface area contributed by atoms with Crippen molar-refractivity contribution in [3.63, 3.8) is 0 Å². The number of anilines is 1. The molecule has 1 saturated heterocycles. The van der Waals surface area contributed by atoms with Crippen molar-refractivity contribution in [1.82, 2.24) is 4.98 Å². The Morgan fingerprint density at radius 2 is 2.08 bits per heavy atom. The van der Waals surface area contributed by atoms with Crippen LogP contribution in [0.15, 0.2) is 36.5 Å². The molecule has 2 aromatic rings. The highest BCUT2D eigenvalue weighted by atomic mass is 35.5. The summed E-state index contributed by atoms with van der Waals surface area (Å²) in [6.45, 7) is 4.83. The maximum atomic E-state index is 13.0. The Morgan fingerprint density at radius 3 is 2.85 bits per heavy atom. The Hall–Kier alpha value is -1.40. The van der Waals surface area contributed by atoms with Crippen molar-refractivity contribution >= 4 is 47.3 Å². The number of rotatable bonds is 2. The molecule has 0 bridgehead atoms. The van der Waals surface area contributed by atoms with Gasteiger partial charge in [-0.05, 0) is 37.1 Å². The second-order valence-corrected chi connectivity index (χ2v) is 7.50. The van der Waals surface area contributed by atoms with Crippen LogP contribution in [0.25, 0.3) is 10.9 Å². The number of pyridine rings is 1. The molecule has 3 atom stereocenters. The normalized spacial score (nSPS) is 28.7. The van der Waals surface area contributed by atoms with E-state index in [4.69, 9.17) is 10.5 Å².